The number of hydrogen-bond acceptors (Lipinski definition) is 6. The molecular formula is C17H24N4O3S. The molecule has 0 radical (unpaired) electrons. The van der Waals surface area contributed by atoms with Crippen molar-refractivity contribution in [2.75, 3.05) is 0 Å². The van der Waals surface area contributed by atoms with Gasteiger partial charge in [0.15, 0.2) is 5.82 Å². The van der Waals surface area contributed by atoms with E-state index in [1.807, 2.05) is 0 Å². The molecule has 25 heavy (non-hydrogen) atoms. The molecule has 1 aromatic heterocycles. The third-order valence-corrected chi connectivity index (χ3v) is 5.99. The molecule has 2 aromatic rings. The van der Waals surface area contributed by atoms with Crippen molar-refractivity contribution in [3.05, 3.63) is 30.1 Å². The molecule has 0 unspecified atom stereocenters. The lowest BCUT2D eigenvalue weighted by Crippen LogP contribution is -2.40. The van der Waals surface area contributed by atoms with Gasteiger partial charge in [-0.15, -0.1) is 0 Å². The van der Waals surface area contributed by atoms with Crippen LogP contribution in [-0.4, -0.2) is 24.1 Å². The zero-order valence-electron chi connectivity index (χ0n) is 14.7. The first-order valence-electron chi connectivity index (χ1n) is 8.37. The topological polar surface area (TPSA) is 111 Å². The molecule has 0 bridgehead atoms. The van der Waals surface area contributed by atoms with Crippen molar-refractivity contribution in [1.82, 2.24) is 14.9 Å². The van der Waals surface area contributed by atoms with Gasteiger partial charge in [0.1, 0.15) is 0 Å². The third kappa shape index (κ3) is 3.91. The smallest absolute Gasteiger partial charge is 0.257 e. The molecule has 1 saturated carbocycles. The second kappa shape index (κ2) is 6.19. The summed E-state index contributed by atoms with van der Waals surface area (Å²) in [5, 5.41) is 4.02. The van der Waals surface area contributed by atoms with E-state index in [1.54, 1.807) is 32.9 Å². The highest BCUT2D eigenvalue weighted by atomic mass is 32.2. The highest BCUT2D eigenvalue weighted by Gasteiger charge is 2.36. The number of nitrogens with one attached hydrogen (secondary N) is 1. The van der Waals surface area contributed by atoms with Crippen LogP contribution >= 0.6 is 0 Å². The van der Waals surface area contributed by atoms with Gasteiger partial charge in [0, 0.05) is 11.1 Å². The van der Waals surface area contributed by atoms with E-state index in [9.17, 15) is 8.42 Å². The predicted octanol–water partition coefficient (Wildman–Crippen LogP) is 2.54. The van der Waals surface area contributed by atoms with Crippen LogP contribution in [0.5, 0.6) is 0 Å². The van der Waals surface area contributed by atoms with E-state index in [4.69, 9.17) is 10.3 Å². The first-order valence-corrected chi connectivity index (χ1v) is 9.85. The van der Waals surface area contributed by atoms with E-state index in [-0.39, 0.29) is 4.90 Å². The van der Waals surface area contributed by atoms with E-state index in [0.717, 1.165) is 25.7 Å². The van der Waals surface area contributed by atoms with E-state index < -0.39 is 21.1 Å². The maximum Gasteiger partial charge on any atom is 0.257 e. The van der Waals surface area contributed by atoms with Crippen LogP contribution in [0.4, 0.5) is 0 Å². The van der Waals surface area contributed by atoms with E-state index >= 15 is 0 Å². The largest absolute Gasteiger partial charge is 0.334 e. The van der Waals surface area contributed by atoms with Crippen molar-refractivity contribution in [3.63, 3.8) is 0 Å². The number of nitrogens with two attached hydrogens (primary N) is 1. The lowest BCUT2D eigenvalue weighted by atomic mass is 9.99. The fraction of sp³-hybridized carbons (Fsp3) is 0.529. The Kier molecular flexibility index (Phi) is 4.47. The Morgan fingerprint density at radius 2 is 1.76 bits per heavy atom. The van der Waals surface area contributed by atoms with Crippen LogP contribution in [0.2, 0.25) is 0 Å². The molecule has 1 aliphatic rings. The van der Waals surface area contributed by atoms with Gasteiger partial charge in [-0.25, -0.2) is 13.1 Å². The second-order valence-electron chi connectivity index (χ2n) is 7.67. The highest BCUT2D eigenvalue weighted by molar-refractivity contribution is 7.89. The van der Waals surface area contributed by atoms with Crippen molar-refractivity contribution in [2.45, 2.75) is 62.4 Å². The minimum absolute atomic E-state index is 0.192. The lowest BCUT2D eigenvalue weighted by molar-refractivity contribution is 0.372. The average Bonchev–Trinajstić information content (AvgIpc) is 3.15. The van der Waals surface area contributed by atoms with Crippen LogP contribution in [0.3, 0.4) is 0 Å². The Hall–Kier alpha value is -1.77. The maximum absolute atomic E-state index is 12.3. The molecule has 0 saturated heterocycles. The first-order chi connectivity index (χ1) is 11.6. The Bertz CT molecular complexity index is 845. The Morgan fingerprint density at radius 3 is 2.32 bits per heavy atom. The van der Waals surface area contributed by atoms with Gasteiger partial charge in [-0.05, 0) is 57.9 Å². The highest BCUT2D eigenvalue weighted by Crippen LogP contribution is 2.35. The van der Waals surface area contributed by atoms with Crippen molar-refractivity contribution < 1.29 is 12.9 Å². The van der Waals surface area contributed by atoms with Gasteiger partial charge in [-0.1, -0.05) is 18.0 Å². The van der Waals surface area contributed by atoms with Crippen LogP contribution in [0.15, 0.2) is 33.7 Å². The average molecular weight is 364 g/mol. The summed E-state index contributed by atoms with van der Waals surface area (Å²) in [5.74, 6) is 0.866. The molecule has 8 heteroatoms. The molecule has 1 heterocycles. The van der Waals surface area contributed by atoms with E-state index in [1.165, 1.54) is 12.1 Å². The van der Waals surface area contributed by atoms with Gasteiger partial charge < -0.3 is 10.3 Å². The standard InChI is InChI=1S/C17H24N4O3S/c1-16(2,3)21-25(22,23)13-8-6-12(7-9-13)14-19-15(20-24-14)17(18)10-4-5-11-17/h6-9,21H,4-5,10-11,18H2,1-3H3. The first kappa shape index (κ1) is 18.0. The monoisotopic (exact) mass is 364 g/mol. The van der Waals surface area contributed by atoms with Gasteiger partial charge >= 0.3 is 0 Å². The number of benzene rings is 1. The molecular weight excluding hydrogens is 340 g/mol. The normalized spacial score (nSPS) is 17.8. The fourth-order valence-electron chi connectivity index (χ4n) is 3.01. The molecule has 1 aromatic carbocycles. The van der Waals surface area contributed by atoms with Crippen LogP contribution in [0.1, 0.15) is 52.3 Å². The van der Waals surface area contributed by atoms with E-state index in [0.29, 0.717) is 17.3 Å². The number of sulfonamides is 1. The van der Waals surface area contributed by atoms with Crippen LogP contribution in [-0.2, 0) is 15.6 Å². The summed E-state index contributed by atoms with van der Waals surface area (Å²) < 4.78 is 32.6. The number of hydrogen-bond donors (Lipinski definition) is 2. The third-order valence-electron chi connectivity index (χ3n) is 4.22. The Morgan fingerprint density at radius 1 is 1.16 bits per heavy atom. The number of rotatable bonds is 4. The summed E-state index contributed by atoms with van der Waals surface area (Å²) in [4.78, 5) is 4.61. The molecule has 0 aliphatic heterocycles. The predicted molar refractivity (Wildman–Crippen MR) is 94.1 cm³/mol. The van der Waals surface area contributed by atoms with Crippen LogP contribution in [0.25, 0.3) is 11.5 Å². The van der Waals surface area contributed by atoms with Gasteiger partial charge in [0.25, 0.3) is 5.89 Å². The molecule has 7 nitrogen and oxygen atoms in total. The minimum atomic E-state index is -3.57. The summed E-state index contributed by atoms with van der Waals surface area (Å²) in [7, 11) is -3.57. The Balaban J connectivity index is 1.83. The van der Waals surface area contributed by atoms with Gasteiger partial charge in [-0.2, -0.15) is 4.98 Å². The molecule has 0 spiro atoms. The van der Waals surface area contributed by atoms with Gasteiger partial charge in [-0.3, -0.25) is 0 Å². The van der Waals surface area contributed by atoms with Gasteiger partial charge in [0.2, 0.25) is 10.0 Å². The zero-order valence-corrected chi connectivity index (χ0v) is 15.6. The fourth-order valence-corrected chi connectivity index (χ4v) is 4.43. The van der Waals surface area contributed by atoms with Gasteiger partial charge in [0.05, 0.1) is 10.4 Å². The molecule has 3 rings (SSSR count). The molecule has 3 N–H and O–H groups in total. The van der Waals surface area contributed by atoms with Crippen molar-refractivity contribution >= 4 is 10.0 Å². The molecule has 1 fully saturated rings. The second-order valence-corrected chi connectivity index (χ2v) is 9.35. The maximum atomic E-state index is 12.3. The molecule has 1 aliphatic carbocycles. The minimum Gasteiger partial charge on any atom is -0.334 e. The summed E-state index contributed by atoms with van der Waals surface area (Å²) in [6.45, 7) is 5.39. The molecule has 0 atom stereocenters. The number of nitrogens with zero attached hydrogens (tertiary/aromatic N) is 2. The molecule has 0 amide bonds. The summed E-state index contributed by atoms with van der Waals surface area (Å²) >= 11 is 0. The van der Waals surface area contributed by atoms with Crippen LogP contribution < -0.4 is 10.5 Å². The SMILES string of the molecule is CC(C)(C)NS(=O)(=O)c1ccc(-c2nc(C3(N)CCCC3)no2)cc1. The van der Waals surface area contributed by atoms with Crippen molar-refractivity contribution in [1.29, 1.82) is 0 Å². The summed E-state index contributed by atoms with van der Waals surface area (Å²) in [5.41, 5.74) is 5.94. The Labute approximate surface area is 148 Å². The van der Waals surface area contributed by atoms with E-state index in [2.05, 4.69) is 14.9 Å². The lowest BCUT2D eigenvalue weighted by Gasteiger charge is -2.20. The summed E-state index contributed by atoms with van der Waals surface area (Å²) in [6, 6.07) is 6.38. The van der Waals surface area contributed by atoms with Crippen molar-refractivity contribution in [2.24, 2.45) is 5.73 Å². The summed E-state index contributed by atoms with van der Waals surface area (Å²) in [6.07, 6.45) is 3.82. The van der Waals surface area contributed by atoms with Crippen molar-refractivity contribution in [3.8, 4) is 11.5 Å². The van der Waals surface area contributed by atoms with Crippen LogP contribution in [0, 0.1) is 0 Å². The quantitative estimate of drug-likeness (QED) is 0.862. The number of aromatic nitrogens is 2. The molecule has 136 valence electrons. The zero-order chi connectivity index (χ0) is 18.3.